The topological polar surface area (TPSA) is 3.24 Å². The molecule has 0 bridgehead atoms. The van der Waals surface area contributed by atoms with Gasteiger partial charge in [0.2, 0.25) is 0 Å². The maximum absolute atomic E-state index is 14.4. The fourth-order valence-corrected chi connectivity index (χ4v) is 2.67. The summed E-state index contributed by atoms with van der Waals surface area (Å²) in [4.78, 5) is 2.25. The highest BCUT2D eigenvalue weighted by Gasteiger charge is 2.41. The van der Waals surface area contributed by atoms with E-state index in [4.69, 9.17) is 0 Å². The Kier molecular flexibility index (Phi) is 3.62. The highest BCUT2D eigenvalue weighted by atomic mass is 19.1. The number of likely N-dealkylation sites (tertiary alicyclic amines) is 1. The third kappa shape index (κ3) is 2.50. The number of hydrogen-bond acceptors (Lipinski definition) is 1. The molecule has 2 atom stereocenters. The second-order valence-corrected chi connectivity index (χ2v) is 5.48. The summed E-state index contributed by atoms with van der Waals surface area (Å²) < 4.78 is 14.4. The molecule has 1 heterocycles. The van der Waals surface area contributed by atoms with Gasteiger partial charge in [0.1, 0.15) is 0 Å². The van der Waals surface area contributed by atoms with Gasteiger partial charge < -0.3 is 0 Å². The summed E-state index contributed by atoms with van der Waals surface area (Å²) >= 11 is 0. The largest absolute Gasteiger partial charge is 0.299 e. The molecule has 0 N–H and O–H groups in total. The molecule has 1 rings (SSSR count). The Bertz CT molecular complexity index is 192. The molecule has 2 unspecified atom stereocenters. The maximum atomic E-state index is 14.4. The minimum Gasteiger partial charge on any atom is -0.299 e. The van der Waals surface area contributed by atoms with E-state index in [0.29, 0.717) is 18.5 Å². The summed E-state index contributed by atoms with van der Waals surface area (Å²) in [5, 5.41) is 0. The lowest BCUT2D eigenvalue weighted by Gasteiger charge is -2.45. The molecule has 1 fully saturated rings. The van der Waals surface area contributed by atoms with Crippen molar-refractivity contribution < 1.29 is 4.39 Å². The zero-order valence-electron chi connectivity index (χ0n) is 10.2. The second kappa shape index (κ2) is 4.22. The first-order chi connectivity index (χ1) is 6.34. The third-order valence-electron chi connectivity index (χ3n) is 3.55. The average Bonchev–Trinajstić information content (AvgIpc) is 2.01. The lowest BCUT2D eigenvalue weighted by molar-refractivity contribution is 0.0170. The van der Waals surface area contributed by atoms with E-state index < -0.39 is 5.57 Å². The smallest absolute Gasteiger partial charge is 0.152 e. The van der Waals surface area contributed by atoms with E-state index in [1.807, 2.05) is 0 Å². The van der Waals surface area contributed by atoms with Crippen molar-refractivity contribution in [2.45, 2.75) is 45.7 Å². The highest BCUT2D eigenvalue weighted by Crippen LogP contribution is 2.34. The van der Waals surface area contributed by atoms with E-state index in [0.717, 1.165) is 13.0 Å². The van der Waals surface area contributed by atoms with E-state index in [9.17, 15) is 4.39 Å². The van der Waals surface area contributed by atoms with Gasteiger partial charge >= 0.3 is 0 Å². The van der Waals surface area contributed by atoms with Gasteiger partial charge in [0.15, 0.2) is 7.85 Å². The molecule has 1 nitrogen and oxygen atoms in total. The molecule has 0 radical (unpaired) electrons. The Hall–Kier alpha value is -0.0451. The molecular formula is C11H23BFN. The zero-order valence-corrected chi connectivity index (χ0v) is 10.2. The number of nitrogens with zero attached hydrogens (tertiary/aromatic N) is 1. The molecule has 1 aliphatic heterocycles. The normalized spacial score (nSPS) is 35.5. The highest BCUT2D eigenvalue weighted by molar-refractivity contribution is 6.15. The van der Waals surface area contributed by atoms with E-state index in [2.05, 4.69) is 32.6 Å². The van der Waals surface area contributed by atoms with Crippen LogP contribution in [-0.4, -0.2) is 37.4 Å². The Labute approximate surface area is 88.5 Å². The maximum Gasteiger partial charge on any atom is 0.152 e. The zero-order chi connectivity index (χ0) is 10.9. The Morgan fingerprint density at radius 1 is 1.36 bits per heavy atom. The van der Waals surface area contributed by atoms with Crippen molar-refractivity contribution in [1.29, 1.82) is 0 Å². The van der Waals surface area contributed by atoms with Crippen LogP contribution in [0.15, 0.2) is 0 Å². The van der Waals surface area contributed by atoms with Gasteiger partial charge in [-0.25, -0.2) is 0 Å². The fourth-order valence-electron chi connectivity index (χ4n) is 2.67. The van der Waals surface area contributed by atoms with Crippen molar-refractivity contribution >= 4 is 7.85 Å². The molecule has 0 aromatic carbocycles. The van der Waals surface area contributed by atoms with Gasteiger partial charge in [-0.15, -0.1) is 0 Å². The number of alkyl halides is 1. The molecule has 0 saturated carbocycles. The molecule has 0 aromatic rings. The summed E-state index contributed by atoms with van der Waals surface area (Å²) in [7, 11) is 1.77. The molecule has 14 heavy (non-hydrogen) atoms. The Morgan fingerprint density at radius 3 is 2.29 bits per heavy atom. The summed E-state index contributed by atoms with van der Waals surface area (Å²) in [5.41, 5.74) is -1.00. The van der Waals surface area contributed by atoms with Gasteiger partial charge in [-0.05, 0) is 38.6 Å². The molecule has 0 amide bonds. The first kappa shape index (κ1) is 12.0. The molecule has 0 aliphatic carbocycles. The molecule has 0 aromatic heterocycles. The molecule has 1 aliphatic rings. The van der Waals surface area contributed by atoms with Crippen LogP contribution in [0, 0.1) is 11.8 Å². The Morgan fingerprint density at radius 2 is 1.93 bits per heavy atom. The minimum atomic E-state index is -1.00. The van der Waals surface area contributed by atoms with Crippen LogP contribution in [0.1, 0.15) is 34.1 Å². The monoisotopic (exact) mass is 199 g/mol. The fraction of sp³-hybridized carbons (Fsp3) is 1.00. The quantitative estimate of drug-likeness (QED) is 0.611. The Balaban J connectivity index is 2.65. The van der Waals surface area contributed by atoms with Gasteiger partial charge in [-0.3, -0.25) is 9.29 Å². The summed E-state index contributed by atoms with van der Waals surface area (Å²) in [6.07, 6.45) is 1.00. The molecule has 82 valence electrons. The first-order valence-corrected chi connectivity index (χ1v) is 5.77. The van der Waals surface area contributed by atoms with Crippen LogP contribution in [0.3, 0.4) is 0 Å². The van der Waals surface area contributed by atoms with Crippen molar-refractivity contribution in [3.63, 3.8) is 0 Å². The van der Waals surface area contributed by atoms with Crippen molar-refractivity contribution in [3.05, 3.63) is 0 Å². The van der Waals surface area contributed by atoms with Gasteiger partial charge in [-0.1, -0.05) is 13.8 Å². The standard InChI is InChI=1S/C11H23BFN/c1-8(2)10-5-6-14(9(3)4)7-11(10,12)13/h8-10H,5-7,12H2,1-4H3. The van der Waals surface area contributed by atoms with Gasteiger partial charge in [-0.2, -0.15) is 0 Å². The first-order valence-electron chi connectivity index (χ1n) is 5.77. The van der Waals surface area contributed by atoms with Crippen molar-refractivity contribution in [2.75, 3.05) is 13.1 Å². The van der Waals surface area contributed by atoms with Gasteiger partial charge in [0.05, 0.1) is 5.57 Å². The van der Waals surface area contributed by atoms with E-state index in [1.54, 1.807) is 7.85 Å². The molecule has 0 spiro atoms. The summed E-state index contributed by atoms with van der Waals surface area (Å²) in [6.45, 7) is 10.2. The average molecular weight is 199 g/mol. The summed E-state index contributed by atoms with van der Waals surface area (Å²) in [6, 6.07) is 0.471. The van der Waals surface area contributed by atoms with Crippen LogP contribution in [0.4, 0.5) is 4.39 Å². The van der Waals surface area contributed by atoms with E-state index in [1.165, 1.54) is 0 Å². The second-order valence-electron chi connectivity index (χ2n) is 5.48. The number of halogens is 1. The minimum absolute atomic E-state index is 0.234. The van der Waals surface area contributed by atoms with Crippen LogP contribution in [0.5, 0.6) is 0 Å². The van der Waals surface area contributed by atoms with E-state index >= 15 is 0 Å². The molecular weight excluding hydrogens is 176 g/mol. The lowest BCUT2D eigenvalue weighted by atomic mass is 9.65. The van der Waals surface area contributed by atoms with Crippen LogP contribution >= 0.6 is 0 Å². The lowest BCUT2D eigenvalue weighted by Crippen LogP contribution is -2.54. The van der Waals surface area contributed by atoms with Gasteiger partial charge in [0.25, 0.3) is 0 Å². The van der Waals surface area contributed by atoms with Gasteiger partial charge in [0, 0.05) is 12.6 Å². The van der Waals surface area contributed by atoms with Crippen LogP contribution in [0.25, 0.3) is 0 Å². The number of piperidine rings is 1. The molecule has 1 saturated heterocycles. The SMILES string of the molecule is BC1(F)CN(C(C)C)CCC1C(C)C. The van der Waals surface area contributed by atoms with E-state index in [-0.39, 0.29) is 5.92 Å². The predicted molar refractivity (Wildman–Crippen MR) is 62.0 cm³/mol. The van der Waals surface area contributed by atoms with Crippen LogP contribution < -0.4 is 0 Å². The van der Waals surface area contributed by atoms with Crippen LogP contribution in [0.2, 0.25) is 0 Å². The van der Waals surface area contributed by atoms with Crippen LogP contribution in [-0.2, 0) is 0 Å². The predicted octanol–water partition coefficient (Wildman–Crippen LogP) is 1.67. The summed E-state index contributed by atoms with van der Waals surface area (Å²) in [5.74, 6) is 0.691. The third-order valence-corrected chi connectivity index (χ3v) is 3.55. The molecule has 3 heteroatoms. The number of hydrogen-bond donors (Lipinski definition) is 0. The van der Waals surface area contributed by atoms with Crippen molar-refractivity contribution in [3.8, 4) is 0 Å². The van der Waals surface area contributed by atoms with Crippen molar-refractivity contribution in [2.24, 2.45) is 11.8 Å². The number of rotatable bonds is 2. The van der Waals surface area contributed by atoms with Crippen molar-refractivity contribution in [1.82, 2.24) is 4.90 Å².